The first-order valence-electron chi connectivity index (χ1n) is 9.73. The molecule has 0 saturated carbocycles. The third-order valence-electron chi connectivity index (χ3n) is 5.21. The van der Waals surface area contributed by atoms with Gasteiger partial charge in [-0.05, 0) is 48.9 Å². The first-order valence-corrected chi connectivity index (χ1v) is 12.1. The quantitative estimate of drug-likeness (QED) is 0.391. The van der Waals surface area contributed by atoms with Crippen molar-refractivity contribution in [1.82, 2.24) is 14.5 Å². The van der Waals surface area contributed by atoms with Gasteiger partial charge in [0.05, 0.1) is 34.0 Å². The van der Waals surface area contributed by atoms with E-state index in [1.54, 1.807) is 25.1 Å². The number of nitrogens with one attached hydrogen (secondary N) is 1. The minimum Gasteiger partial charge on any atom is -0.496 e. The number of sulfone groups is 1. The molecule has 0 saturated heterocycles. The fraction of sp³-hybridized carbons (Fsp3) is 0.136. The van der Waals surface area contributed by atoms with Crippen molar-refractivity contribution < 1.29 is 23.1 Å². The van der Waals surface area contributed by atoms with E-state index in [1.165, 1.54) is 31.4 Å². The fourth-order valence-corrected chi connectivity index (χ4v) is 5.49. The molecule has 0 aliphatic heterocycles. The number of aromatic nitrogens is 3. The molecule has 34 heavy (non-hydrogen) atoms. The molecule has 0 unspecified atom stereocenters. The number of fused-ring (bicyclic) bond motifs is 1. The normalized spacial score (nSPS) is 11.6. The Kier molecular flexibility index (Phi) is 6.15. The predicted octanol–water partition coefficient (Wildman–Crippen LogP) is 4.01. The number of aryl methyl sites for hydroxylation is 1. The maximum Gasteiger partial charge on any atom is 0.354 e. The number of benzene rings is 2. The van der Waals surface area contributed by atoms with Crippen LogP contribution >= 0.6 is 23.2 Å². The SMILES string of the molecule is COc1cccc(Cl)c1CS(=O)(=O)c1ccc(Cl)c(-n2c(=O)[nH]c3c(C)cc(C(=O)O)nc32)c1. The van der Waals surface area contributed by atoms with Gasteiger partial charge in [-0.2, -0.15) is 0 Å². The van der Waals surface area contributed by atoms with E-state index in [0.29, 0.717) is 16.8 Å². The molecular weight excluding hydrogens is 505 g/mol. The molecule has 4 aromatic rings. The Labute approximate surface area is 203 Å². The van der Waals surface area contributed by atoms with Gasteiger partial charge in [-0.1, -0.05) is 29.3 Å². The molecule has 0 aliphatic carbocycles. The van der Waals surface area contributed by atoms with Gasteiger partial charge in [0.15, 0.2) is 21.2 Å². The van der Waals surface area contributed by atoms with Crippen molar-refractivity contribution in [2.75, 3.05) is 7.11 Å². The number of carboxylic acids is 1. The van der Waals surface area contributed by atoms with Gasteiger partial charge in [0, 0.05) is 10.6 Å². The zero-order valence-electron chi connectivity index (χ0n) is 17.8. The minimum absolute atomic E-state index is 0.00613. The number of carboxylic acid groups (broad SMARTS) is 1. The second-order valence-corrected chi connectivity index (χ2v) is 10.2. The van der Waals surface area contributed by atoms with E-state index >= 15 is 0 Å². The van der Waals surface area contributed by atoms with Crippen molar-refractivity contribution in [3.8, 4) is 11.4 Å². The van der Waals surface area contributed by atoms with E-state index in [2.05, 4.69) is 9.97 Å². The van der Waals surface area contributed by atoms with Crippen molar-refractivity contribution in [2.24, 2.45) is 0 Å². The lowest BCUT2D eigenvalue weighted by molar-refractivity contribution is 0.0690. The van der Waals surface area contributed by atoms with Crippen molar-refractivity contribution in [3.63, 3.8) is 0 Å². The number of aromatic amines is 1. The predicted molar refractivity (Wildman–Crippen MR) is 127 cm³/mol. The number of rotatable bonds is 6. The number of imidazole rings is 1. The largest absolute Gasteiger partial charge is 0.496 e. The maximum atomic E-state index is 13.3. The number of pyridine rings is 1. The van der Waals surface area contributed by atoms with Gasteiger partial charge in [0.2, 0.25) is 0 Å². The number of hydrogen-bond donors (Lipinski definition) is 2. The van der Waals surface area contributed by atoms with Crippen LogP contribution in [0.3, 0.4) is 0 Å². The highest BCUT2D eigenvalue weighted by Gasteiger charge is 2.23. The molecule has 0 radical (unpaired) electrons. The summed E-state index contributed by atoms with van der Waals surface area (Å²) in [5.74, 6) is -1.42. The highest BCUT2D eigenvalue weighted by atomic mass is 35.5. The van der Waals surface area contributed by atoms with Crippen LogP contribution in [0.15, 0.2) is 52.2 Å². The summed E-state index contributed by atoms with van der Waals surface area (Å²) in [4.78, 5) is 30.8. The summed E-state index contributed by atoms with van der Waals surface area (Å²) in [6.07, 6.45) is 0. The molecule has 2 aromatic heterocycles. The van der Waals surface area contributed by atoms with Crippen molar-refractivity contribution >= 4 is 50.2 Å². The van der Waals surface area contributed by atoms with Crippen LogP contribution in [0.25, 0.3) is 16.9 Å². The van der Waals surface area contributed by atoms with E-state index in [4.69, 9.17) is 27.9 Å². The number of halogens is 2. The Morgan fingerprint density at radius 2 is 1.91 bits per heavy atom. The number of H-pyrrole nitrogens is 1. The zero-order chi connectivity index (χ0) is 24.8. The molecule has 0 atom stereocenters. The van der Waals surface area contributed by atoms with Gasteiger partial charge < -0.3 is 14.8 Å². The van der Waals surface area contributed by atoms with Gasteiger partial charge in [-0.15, -0.1) is 0 Å². The summed E-state index contributed by atoms with van der Waals surface area (Å²) in [6, 6.07) is 10.0. The Morgan fingerprint density at radius 3 is 2.59 bits per heavy atom. The number of methoxy groups -OCH3 is 1. The third kappa shape index (κ3) is 4.15. The molecule has 2 heterocycles. The maximum absolute atomic E-state index is 13.3. The molecule has 0 bridgehead atoms. The first kappa shape index (κ1) is 23.8. The van der Waals surface area contributed by atoms with Gasteiger partial charge in [0.25, 0.3) is 0 Å². The monoisotopic (exact) mass is 521 g/mol. The van der Waals surface area contributed by atoms with E-state index < -0.39 is 27.2 Å². The molecule has 2 aromatic carbocycles. The van der Waals surface area contributed by atoms with Gasteiger partial charge in [-0.25, -0.2) is 27.6 Å². The highest BCUT2D eigenvalue weighted by Crippen LogP contribution is 2.32. The average Bonchev–Trinajstić information content (AvgIpc) is 3.11. The second-order valence-electron chi connectivity index (χ2n) is 7.39. The Hall–Kier alpha value is -3.34. The van der Waals surface area contributed by atoms with E-state index in [9.17, 15) is 23.1 Å². The van der Waals surface area contributed by atoms with E-state index in [1.807, 2.05) is 0 Å². The topological polar surface area (TPSA) is 131 Å². The molecule has 2 N–H and O–H groups in total. The second kappa shape index (κ2) is 8.79. The van der Waals surface area contributed by atoms with Crippen molar-refractivity contribution in [1.29, 1.82) is 0 Å². The molecule has 12 heteroatoms. The molecule has 9 nitrogen and oxygen atoms in total. The summed E-state index contributed by atoms with van der Waals surface area (Å²) in [5, 5.41) is 9.66. The number of hydrogen-bond acceptors (Lipinski definition) is 6. The van der Waals surface area contributed by atoms with Crippen molar-refractivity contribution in [3.05, 3.63) is 79.8 Å². The van der Waals surface area contributed by atoms with Crippen molar-refractivity contribution in [2.45, 2.75) is 17.6 Å². The Bertz CT molecular complexity index is 1630. The zero-order valence-corrected chi connectivity index (χ0v) is 20.1. The molecule has 0 aliphatic rings. The Morgan fingerprint density at radius 1 is 1.18 bits per heavy atom. The molecule has 4 rings (SSSR count). The third-order valence-corrected chi connectivity index (χ3v) is 7.53. The standard InChI is InChI=1S/C22H17Cl2N3O6S/c1-11-8-16(21(28)29)25-20-19(11)26-22(30)27(20)17-9-12(6-7-15(17)24)34(31,32)10-13-14(23)4-3-5-18(13)33-2/h3-9H,10H2,1-2H3,(H,26,30)(H,28,29). The molecule has 0 spiro atoms. The molecular formula is C22H17Cl2N3O6S. The number of aromatic carboxylic acids is 1. The van der Waals surface area contributed by atoms with Crippen LogP contribution in [0, 0.1) is 6.92 Å². The summed E-state index contributed by atoms with van der Waals surface area (Å²) < 4.78 is 32.8. The Balaban J connectivity index is 1.89. The number of nitrogens with zero attached hydrogens (tertiary/aromatic N) is 2. The van der Waals surface area contributed by atoms with Crippen LogP contribution in [0.5, 0.6) is 5.75 Å². The number of carbonyl (C=O) groups is 1. The first-order chi connectivity index (χ1) is 16.0. The van der Waals surface area contributed by atoms with Gasteiger partial charge in [-0.3, -0.25) is 0 Å². The summed E-state index contributed by atoms with van der Waals surface area (Å²) in [5.41, 5.74) is 0.173. The molecule has 0 fully saturated rings. The summed E-state index contributed by atoms with van der Waals surface area (Å²) >= 11 is 12.5. The van der Waals surface area contributed by atoms with Crippen LogP contribution in [-0.4, -0.2) is 41.1 Å². The summed E-state index contributed by atoms with van der Waals surface area (Å²) in [7, 11) is -2.55. The van der Waals surface area contributed by atoms with E-state index in [0.717, 1.165) is 4.57 Å². The lowest BCUT2D eigenvalue weighted by Crippen LogP contribution is -2.16. The van der Waals surface area contributed by atoms with Gasteiger partial charge in [0.1, 0.15) is 5.75 Å². The lowest BCUT2D eigenvalue weighted by atomic mass is 10.2. The average molecular weight is 522 g/mol. The van der Waals surface area contributed by atoms with Crippen LogP contribution < -0.4 is 10.4 Å². The van der Waals surface area contributed by atoms with Crippen LogP contribution in [0.4, 0.5) is 0 Å². The smallest absolute Gasteiger partial charge is 0.354 e. The van der Waals surface area contributed by atoms with Gasteiger partial charge >= 0.3 is 11.7 Å². The van der Waals surface area contributed by atoms with Crippen LogP contribution in [0.1, 0.15) is 21.6 Å². The summed E-state index contributed by atoms with van der Waals surface area (Å²) in [6.45, 7) is 1.62. The van der Waals surface area contributed by atoms with Crippen LogP contribution in [0.2, 0.25) is 10.0 Å². The van der Waals surface area contributed by atoms with E-state index in [-0.39, 0.29) is 37.5 Å². The molecule has 176 valence electrons. The molecule has 0 amide bonds. The number of ether oxygens (including phenoxy) is 1. The highest BCUT2D eigenvalue weighted by molar-refractivity contribution is 7.90. The van der Waals surface area contributed by atoms with Crippen LogP contribution in [-0.2, 0) is 15.6 Å². The minimum atomic E-state index is -3.96. The fourth-order valence-electron chi connectivity index (χ4n) is 3.57. The lowest BCUT2D eigenvalue weighted by Gasteiger charge is -2.13.